The normalized spacial score (nSPS) is 11.1. The molecule has 0 unspecified atom stereocenters. The van der Waals surface area contributed by atoms with Crippen molar-refractivity contribution in [3.8, 4) is 11.4 Å². The van der Waals surface area contributed by atoms with Crippen LogP contribution in [-0.2, 0) is 13.0 Å². The summed E-state index contributed by atoms with van der Waals surface area (Å²) in [4.78, 5) is 6.93. The van der Waals surface area contributed by atoms with Crippen LogP contribution in [0.1, 0.15) is 24.8 Å². The summed E-state index contributed by atoms with van der Waals surface area (Å²) in [6, 6.07) is 20.5. The van der Waals surface area contributed by atoms with Crippen LogP contribution in [0.15, 0.2) is 65.2 Å². The Morgan fingerprint density at radius 1 is 0.958 bits per heavy atom. The van der Waals surface area contributed by atoms with Crippen LogP contribution in [0.4, 0.5) is 0 Å². The first-order valence-electron chi connectivity index (χ1n) is 8.49. The number of nitrogens with zero attached hydrogens (tertiary/aromatic N) is 3. The van der Waals surface area contributed by atoms with Crippen molar-refractivity contribution in [1.29, 1.82) is 0 Å². The topological polar surface area (TPSA) is 42.2 Å². The van der Waals surface area contributed by atoms with Gasteiger partial charge < -0.3 is 4.52 Å². The Morgan fingerprint density at radius 3 is 2.38 bits per heavy atom. The summed E-state index contributed by atoms with van der Waals surface area (Å²) in [6.07, 6.45) is 1.82. The fourth-order valence-corrected chi connectivity index (χ4v) is 2.71. The Labute approximate surface area is 143 Å². The van der Waals surface area contributed by atoms with Crippen molar-refractivity contribution < 1.29 is 4.52 Å². The second-order valence-corrected chi connectivity index (χ2v) is 5.84. The Kier molecular flexibility index (Phi) is 5.75. The second kappa shape index (κ2) is 8.41. The van der Waals surface area contributed by atoms with Gasteiger partial charge in [0.05, 0.1) is 0 Å². The zero-order valence-corrected chi connectivity index (χ0v) is 14.1. The highest BCUT2D eigenvalue weighted by molar-refractivity contribution is 5.53. The molecule has 4 heteroatoms. The Hall–Kier alpha value is -2.46. The minimum Gasteiger partial charge on any atom is -0.339 e. The van der Waals surface area contributed by atoms with Gasteiger partial charge in [-0.1, -0.05) is 72.7 Å². The standard InChI is InChI=1S/C20H23N3O/c1-2-23(16-17-10-5-3-6-11-17)15-9-14-19-21-20(22-24-19)18-12-7-4-8-13-18/h3-8,10-13H,2,9,14-16H2,1H3. The number of benzene rings is 2. The maximum atomic E-state index is 5.37. The van der Waals surface area contributed by atoms with Gasteiger partial charge >= 0.3 is 0 Å². The number of rotatable bonds is 8. The van der Waals surface area contributed by atoms with E-state index in [0.717, 1.165) is 38.0 Å². The van der Waals surface area contributed by atoms with Crippen molar-refractivity contribution >= 4 is 0 Å². The third kappa shape index (κ3) is 4.52. The lowest BCUT2D eigenvalue weighted by Gasteiger charge is -2.19. The van der Waals surface area contributed by atoms with Crippen LogP contribution in [0.2, 0.25) is 0 Å². The molecule has 0 N–H and O–H groups in total. The SMILES string of the molecule is CCN(CCCc1nc(-c2ccccc2)no1)Cc1ccccc1. The lowest BCUT2D eigenvalue weighted by Crippen LogP contribution is -2.24. The fourth-order valence-electron chi connectivity index (χ4n) is 2.71. The predicted octanol–water partition coefficient (Wildman–Crippen LogP) is 4.19. The molecule has 2 aromatic carbocycles. The first-order chi connectivity index (χ1) is 11.8. The zero-order valence-electron chi connectivity index (χ0n) is 14.1. The van der Waals surface area contributed by atoms with E-state index in [4.69, 9.17) is 4.52 Å². The van der Waals surface area contributed by atoms with E-state index in [2.05, 4.69) is 52.3 Å². The number of aromatic nitrogens is 2. The summed E-state index contributed by atoms with van der Waals surface area (Å²) in [6.45, 7) is 5.24. The second-order valence-electron chi connectivity index (χ2n) is 5.84. The van der Waals surface area contributed by atoms with E-state index < -0.39 is 0 Å². The van der Waals surface area contributed by atoms with Crippen molar-refractivity contribution in [1.82, 2.24) is 15.0 Å². The summed E-state index contributed by atoms with van der Waals surface area (Å²) in [5.41, 5.74) is 2.34. The van der Waals surface area contributed by atoms with Gasteiger partial charge in [0.15, 0.2) is 0 Å². The summed E-state index contributed by atoms with van der Waals surface area (Å²) in [5.74, 6) is 1.38. The molecule has 0 amide bonds. The monoisotopic (exact) mass is 321 g/mol. The van der Waals surface area contributed by atoms with Gasteiger partial charge in [-0.05, 0) is 25.1 Å². The molecule has 0 atom stereocenters. The third-order valence-electron chi connectivity index (χ3n) is 4.06. The summed E-state index contributed by atoms with van der Waals surface area (Å²) >= 11 is 0. The summed E-state index contributed by atoms with van der Waals surface area (Å²) in [7, 11) is 0. The average molecular weight is 321 g/mol. The van der Waals surface area contributed by atoms with Gasteiger partial charge in [0.25, 0.3) is 0 Å². The Bertz CT molecular complexity index is 725. The molecule has 4 nitrogen and oxygen atoms in total. The molecule has 1 heterocycles. The van der Waals surface area contributed by atoms with Gasteiger partial charge in [0.1, 0.15) is 0 Å². The van der Waals surface area contributed by atoms with E-state index in [9.17, 15) is 0 Å². The molecule has 0 aliphatic rings. The minimum atomic E-state index is 0.669. The highest BCUT2D eigenvalue weighted by Crippen LogP contribution is 2.15. The molecule has 3 aromatic rings. The molecule has 0 bridgehead atoms. The fraction of sp³-hybridized carbons (Fsp3) is 0.300. The highest BCUT2D eigenvalue weighted by Gasteiger charge is 2.09. The lowest BCUT2D eigenvalue weighted by atomic mass is 10.2. The predicted molar refractivity (Wildman–Crippen MR) is 95.4 cm³/mol. The number of aryl methyl sites for hydroxylation is 1. The van der Waals surface area contributed by atoms with E-state index in [-0.39, 0.29) is 0 Å². The smallest absolute Gasteiger partial charge is 0.227 e. The van der Waals surface area contributed by atoms with E-state index in [1.54, 1.807) is 0 Å². The average Bonchev–Trinajstić information content (AvgIpc) is 3.11. The highest BCUT2D eigenvalue weighted by atomic mass is 16.5. The summed E-state index contributed by atoms with van der Waals surface area (Å²) < 4.78 is 5.37. The largest absolute Gasteiger partial charge is 0.339 e. The van der Waals surface area contributed by atoms with Crippen LogP contribution in [-0.4, -0.2) is 28.1 Å². The van der Waals surface area contributed by atoms with Gasteiger partial charge in [-0.3, -0.25) is 4.90 Å². The van der Waals surface area contributed by atoms with E-state index in [1.165, 1.54) is 5.56 Å². The first kappa shape index (κ1) is 16.4. The van der Waals surface area contributed by atoms with Gasteiger partial charge in [-0.15, -0.1) is 0 Å². The van der Waals surface area contributed by atoms with Crippen LogP contribution in [0.5, 0.6) is 0 Å². The number of hydrogen-bond acceptors (Lipinski definition) is 4. The molecule has 1 aromatic heterocycles. The third-order valence-corrected chi connectivity index (χ3v) is 4.06. The van der Waals surface area contributed by atoms with Crippen molar-refractivity contribution in [2.24, 2.45) is 0 Å². The van der Waals surface area contributed by atoms with Crippen molar-refractivity contribution in [2.45, 2.75) is 26.3 Å². The molecular formula is C20H23N3O. The maximum Gasteiger partial charge on any atom is 0.227 e. The molecule has 124 valence electrons. The molecule has 0 saturated carbocycles. The minimum absolute atomic E-state index is 0.669. The molecule has 0 fully saturated rings. The quantitative estimate of drug-likeness (QED) is 0.624. The van der Waals surface area contributed by atoms with Crippen molar-refractivity contribution in [2.75, 3.05) is 13.1 Å². The molecule has 0 aliphatic heterocycles. The Morgan fingerprint density at radius 2 is 1.67 bits per heavy atom. The van der Waals surface area contributed by atoms with E-state index in [1.807, 2.05) is 30.3 Å². The molecule has 0 aliphatic carbocycles. The molecule has 0 saturated heterocycles. The van der Waals surface area contributed by atoms with Gasteiger partial charge in [-0.2, -0.15) is 4.98 Å². The molecule has 0 spiro atoms. The van der Waals surface area contributed by atoms with E-state index >= 15 is 0 Å². The lowest BCUT2D eigenvalue weighted by molar-refractivity contribution is 0.270. The molecule has 3 rings (SSSR count). The maximum absolute atomic E-state index is 5.37. The number of hydrogen-bond donors (Lipinski definition) is 0. The van der Waals surface area contributed by atoms with Gasteiger partial charge in [0.2, 0.25) is 11.7 Å². The van der Waals surface area contributed by atoms with Crippen molar-refractivity contribution in [3.05, 3.63) is 72.1 Å². The van der Waals surface area contributed by atoms with Crippen LogP contribution >= 0.6 is 0 Å². The Balaban J connectivity index is 1.50. The molecule has 24 heavy (non-hydrogen) atoms. The van der Waals surface area contributed by atoms with Crippen LogP contribution in [0.25, 0.3) is 11.4 Å². The van der Waals surface area contributed by atoms with Crippen LogP contribution in [0, 0.1) is 0 Å². The van der Waals surface area contributed by atoms with Crippen molar-refractivity contribution in [3.63, 3.8) is 0 Å². The summed E-state index contributed by atoms with van der Waals surface area (Å²) in [5, 5.41) is 4.07. The van der Waals surface area contributed by atoms with Crippen LogP contribution in [0.3, 0.4) is 0 Å². The molecular weight excluding hydrogens is 298 g/mol. The van der Waals surface area contributed by atoms with Gasteiger partial charge in [-0.25, -0.2) is 0 Å². The molecule has 0 radical (unpaired) electrons. The van der Waals surface area contributed by atoms with Gasteiger partial charge in [0, 0.05) is 18.5 Å². The first-order valence-corrected chi connectivity index (χ1v) is 8.49. The van der Waals surface area contributed by atoms with Crippen LogP contribution < -0.4 is 0 Å². The zero-order chi connectivity index (χ0) is 16.6. The van der Waals surface area contributed by atoms with E-state index in [0.29, 0.717) is 11.7 Å².